The van der Waals surface area contributed by atoms with Gasteiger partial charge in [-0.3, -0.25) is 14.4 Å². The third-order valence-corrected chi connectivity index (χ3v) is 8.29. The number of hydrogen-bond donors (Lipinski definition) is 2. The predicted octanol–water partition coefficient (Wildman–Crippen LogP) is 5.50. The number of carboxylic acids is 1. The number of benzene rings is 2. The van der Waals surface area contributed by atoms with Crippen molar-refractivity contribution in [3.05, 3.63) is 81.2 Å². The van der Waals surface area contributed by atoms with Crippen molar-refractivity contribution in [3.63, 3.8) is 0 Å². The second-order valence-corrected chi connectivity index (χ2v) is 12.6. The Morgan fingerprint density at radius 1 is 1.00 bits per heavy atom. The number of carboxylic acid groups (broad SMARTS) is 1. The molecule has 10 nitrogen and oxygen atoms in total. The van der Waals surface area contributed by atoms with Gasteiger partial charge in [-0.25, -0.2) is 4.79 Å². The third kappa shape index (κ3) is 6.23. The summed E-state index contributed by atoms with van der Waals surface area (Å²) in [5.74, 6) is 0.144. The van der Waals surface area contributed by atoms with E-state index in [2.05, 4.69) is 17.1 Å². The van der Waals surface area contributed by atoms with Gasteiger partial charge in [0.15, 0.2) is 12.4 Å². The molecule has 224 valence electrons. The Kier molecular flexibility index (Phi) is 8.22. The Morgan fingerprint density at radius 3 is 2.33 bits per heavy atom. The first-order valence-electron chi connectivity index (χ1n) is 13.9. The lowest BCUT2D eigenvalue weighted by Gasteiger charge is -2.20. The van der Waals surface area contributed by atoms with Crippen LogP contribution in [0.3, 0.4) is 0 Å². The van der Waals surface area contributed by atoms with E-state index in [9.17, 15) is 19.8 Å². The summed E-state index contributed by atoms with van der Waals surface area (Å²) in [6, 6.07) is 12.6. The second kappa shape index (κ2) is 11.7. The summed E-state index contributed by atoms with van der Waals surface area (Å²) in [6.07, 6.45) is -0.209. The largest absolute Gasteiger partial charge is 0.482 e. The Morgan fingerprint density at radius 2 is 1.67 bits per heavy atom. The van der Waals surface area contributed by atoms with E-state index >= 15 is 0 Å². The zero-order valence-electron chi connectivity index (χ0n) is 25.0. The average molecular weight is 603 g/mol. The van der Waals surface area contributed by atoms with Gasteiger partial charge in [-0.15, -0.1) is 21.5 Å². The molecule has 4 aromatic rings. The normalized spacial score (nSPS) is 14.4. The Hall–Kier alpha value is -4.35. The lowest BCUT2D eigenvalue weighted by molar-refractivity contribution is -0.157. The fourth-order valence-corrected chi connectivity index (χ4v) is 6.26. The van der Waals surface area contributed by atoms with Crippen molar-refractivity contribution in [1.29, 1.82) is 0 Å². The van der Waals surface area contributed by atoms with Gasteiger partial charge < -0.3 is 19.7 Å². The summed E-state index contributed by atoms with van der Waals surface area (Å²) in [5.41, 5.74) is 5.27. The van der Waals surface area contributed by atoms with Gasteiger partial charge >= 0.3 is 11.9 Å². The number of esters is 1. The fourth-order valence-electron chi connectivity index (χ4n) is 5.04. The number of aliphatic carboxylic acids is 1. The number of hydrogen-bond acceptors (Lipinski definition) is 9. The zero-order valence-corrected chi connectivity index (χ0v) is 25.8. The number of aryl methyl sites for hydroxylation is 2. The molecule has 1 aliphatic rings. The van der Waals surface area contributed by atoms with Crippen LogP contribution in [0.25, 0.3) is 16.1 Å². The molecule has 3 heterocycles. The molecule has 0 unspecified atom stereocenters. The topological polar surface area (TPSA) is 136 Å². The number of fused-ring (bicyclic) bond motifs is 3. The lowest BCUT2D eigenvalue weighted by atomic mass is 9.96. The van der Waals surface area contributed by atoms with Gasteiger partial charge in [0.25, 0.3) is 0 Å². The van der Waals surface area contributed by atoms with Crippen molar-refractivity contribution in [2.45, 2.75) is 66.2 Å². The molecule has 2 aromatic carbocycles. The summed E-state index contributed by atoms with van der Waals surface area (Å²) in [6.45, 7) is 10.8. The van der Waals surface area contributed by atoms with Crippen molar-refractivity contribution in [1.82, 2.24) is 14.8 Å². The van der Waals surface area contributed by atoms with E-state index in [0.717, 1.165) is 37.7 Å². The molecule has 0 saturated heterocycles. The van der Waals surface area contributed by atoms with Crippen LogP contribution in [0.5, 0.6) is 5.75 Å². The number of aliphatic imine (C=N–C) groups is 1. The van der Waals surface area contributed by atoms with Crippen LogP contribution in [-0.2, 0) is 20.9 Å². The molecule has 2 aromatic heterocycles. The van der Waals surface area contributed by atoms with Crippen LogP contribution in [-0.4, -0.2) is 54.8 Å². The van der Waals surface area contributed by atoms with Crippen LogP contribution in [0.4, 0.5) is 0 Å². The van der Waals surface area contributed by atoms with Crippen LogP contribution >= 0.6 is 11.3 Å². The molecule has 0 radical (unpaired) electrons. The highest BCUT2D eigenvalue weighted by atomic mass is 32.1. The number of carbonyl (C=O) groups is 2. The predicted molar refractivity (Wildman–Crippen MR) is 163 cm³/mol. The van der Waals surface area contributed by atoms with Gasteiger partial charge in [-0.2, -0.15) is 0 Å². The minimum Gasteiger partial charge on any atom is -0.482 e. The maximum Gasteiger partial charge on any atom is 0.344 e. The average Bonchev–Trinajstić information content (AvgIpc) is 3.42. The summed E-state index contributed by atoms with van der Waals surface area (Å²) in [7, 11) is 0. The summed E-state index contributed by atoms with van der Waals surface area (Å²) in [5, 5.41) is 29.2. The van der Waals surface area contributed by atoms with Crippen LogP contribution in [0, 0.1) is 20.8 Å². The number of ether oxygens (including phenoxy) is 2. The van der Waals surface area contributed by atoms with Crippen LogP contribution in [0.15, 0.2) is 47.5 Å². The lowest BCUT2D eigenvalue weighted by Crippen LogP contribution is -2.27. The van der Waals surface area contributed by atoms with Crippen molar-refractivity contribution in [2.24, 2.45) is 4.99 Å². The SMILES string of the molecule is Cc1sc2c(c1C)C(c1ccc(-c3ccc(OCC(=O)OC(C)(C)C)c(CO)c3)cc1)=N[C@@H](CC(=O)O)c1nnc(C)n1-2. The number of aliphatic hydroxyl groups excluding tert-OH is 1. The molecule has 0 amide bonds. The maximum atomic E-state index is 12.1. The summed E-state index contributed by atoms with van der Waals surface area (Å²) < 4.78 is 12.9. The molecule has 0 bridgehead atoms. The quantitative estimate of drug-likeness (QED) is 0.252. The molecule has 43 heavy (non-hydrogen) atoms. The van der Waals surface area contributed by atoms with E-state index in [1.807, 2.05) is 54.8 Å². The van der Waals surface area contributed by atoms with E-state index in [1.54, 1.807) is 38.2 Å². The van der Waals surface area contributed by atoms with E-state index in [0.29, 0.717) is 28.7 Å². The zero-order chi connectivity index (χ0) is 31.1. The molecule has 0 fully saturated rings. The summed E-state index contributed by atoms with van der Waals surface area (Å²) in [4.78, 5) is 30.0. The van der Waals surface area contributed by atoms with Crippen molar-refractivity contribution in [3.8, 4) is 21.9 Å². The van der Waals surface area contributed by atoms with Crippen molar-refractivity contribution in [2.75, 3.05) is 6.61 Å². The molecule has 1 aliphatic heterocycles. The number of thiophene rings is 1. The monoisotopic (exact) mass is 602 g/mol. The van der Waals surface area contributed by atoms with Gasteiger partial charge in [-0.1, -0.05) is 30.3 Å². The van der Waals surface area contributed by atoms with Gasteiger partial charge in [-0.05, 0) is 70.4 Å². The van der Waals surface area contributed by atoms with Gasteiger partial charge in [0.05, 0.1) is 18.7 Å². The van der Waals surface area contributed by atoms with Crippen LogP contribution < -0.4 is 4.74 Å². The first-order valence-corrected chi connectivity index (χ1v) is 14.7. The van der Waals surface area contributed by atoms with E-state index < -0.39 is 23.6 Å². The van der Waals surface area contributed by atoms with E-state index in [4.69, 9.17) is 14.5 Å². The third-order valence-electron chi connectivity index (χ3n) is 7.10. The van der Waals surface area contributed by atoms with Gasteiger partial charge in [0.2, 0.25) is 0 Å². The summed E-state index contributed by atoms with van der Waals surface area (Å²) >= 11 is 1.61. The molecule has 0 saturated carbocycles. The number of nitrogens with zero attached hydrogens (tertiary/aromatic N) is 4. The number of rotatable bonds is 8. The van der Waals surface area contributed by atoms with E-state index in [1.165, 1.54) is 0 Å². The van der Waals surface area contributed by atoms with Crippen LogP contribution in [0.2, 0.25) is 0 Å². The Balaban J connectivity index is 1.48. The molecule has 0 aliphatic carbocycles. The van der Waals surface area contributed by atoms with Crippen molar-refractivity contribution >= 4 is 29.0 Å². The molecule has 5 rings (SSSR count). The number of aromatic nitrogens is 3. The number of carbonyl (C=O) groups excluding carboxylic acids is 1. The second-order valence-electron chi connectivity index (χ2n) is 11.4. The molecule has 11 heteroatoms. The number of aliphatic hydroxyl groups is 1. The van der Waals surface area contributed by atoms with Gasteiger partial charge in [0.1, 0.15) is 28.2 Å². The highest BCUT2D eigenvalue weighted by Crippen LogP contribution is 2.40. The standard InChI is InChI=1S/C32H34N4O6S/c1-17-18(2)43-31-28(17)29(33-24(14-26(38)39)30-35-34-19(3)36(30)31)21-9-7-20(8-10-21)22-11-12-25(23(13-22)15-37)41-16-27(40)42-32(4,5)6/h7-13,24,37H,14-16H2,1-6H3,(H,38,39)/t24-/m0/s1. The Bertz CT molecular complexity index is 1730. The molecular weight excluding hydrogens is 568 g/mol. The van der Waals surface area contributed by atoms with Crippen LogP contribution in [0.1, 0.15) is 72.0 Å². The van der Waals surface area contributed by atoms with Crippen molar-refractivity contribution < 1.29 is 29.3 Å². The molecule has 1 atom stereocenters. The molecule has 0 spiro atoms. The first-order chi connectivity index (χ1) is 20.4. The highest BCUT2D eigenvalue weighted by Gasteiger charge is 2.32. The highest BCUT2D eigenvalue weighted by molar-refractivity contribution is 7.15. The first kappa shape index (κ1) is 30.1. The fraction of sp³-hybridized carbons (Fsp3) is 0.344. The minimum absolute atomic E-state index is 0.209. The molecular formula is C32H34N4O6S. The van der Waals surface area contributed by atoms with E-state index in [-0.39, 0.29) is 19.6 Å². The maximum absolute atomic E-state index is 12.1. The smallest absolute Gasteiger partial charge is 0.344 e. The molecule has 2 N–H and O–H groups in total. The Labute approximate surface area is 253 Å². The minimum atomic E-state index is -0.966. The van der Waals surface area contributed by atoms with Gasteiger partial charge in [0, 0.05) is 21.6 Å².